The number of amides is 1. The fourth-order valence-electron chi connectivity index (χ4n) is 3.36. The average molecular weight is 489 g/mol. The van der Waals surface area contributed by atoms with Gasteiger partial charge in [-0.2, -0.15) is 0 Å². The van der Waals surface area contributed by atoms with Crippen LogP contribution in [0.25, 0.3) is 11.4 Å². The average Bonchev–Trinajstić information content (AvgIpc) is 3.11. The van der Waals surface area contributed by atoms with Crippen molar-refractivity contribution >= 4 is 45.0 Å². The van der Waals surface area contributed by atoms with E-state index in [1.54, 1.807) is 17.0 Å². The van der Waals surface area contributed by atoms with E-state index in [9.17, 15) is 14.9 Å². The van der Waals surface area contributed by atoms with Crippen molar-refractivity contribution in [1.29, 1.82) is 0 Å². The molecule has 0 bridgehead atoms. The predicted octanol–water partition coefficient (Wildman–Crippen LogP) is 3.40. The number of nitrogens with zero attached hydrogens (tertiary/aromatic N) is 5. The van der Waals surface area contributed by atoms with E-state index in [2.05, 4.69) is 26.1 Å². The van der Waals surface area contributed by atoms with Crippen LogP contribution < -0.4 is 10.7 Å². The molecule has 1 aliphatic heterocycles. The van der Waals surface area contributed by atoms with Crippen LogP contribution in [-0.2, 0) is 11.2 Å². The van der Waals surface area contributed by atoms with Gasteiger partial charge in [0.05, 0.1) is 10.7 Å². The Morgan fingerprint density at radius 2 is 2.07 bits per heavy atom. The number of nitrogen functional groups attached to an aromatic ring is 1. The summed E-state index contributed by atoms with van der Waals surface area (Å²) in [5, 5.41) is 19.7. The lowest BCUT2D eigenvalue weighted by molar-refractivity contribution is -0.384. The number of aromatic nitrogens is 3. The molecular formula is C19H17BrN6O3S. The molecule has 4 rings (SSSR count). The SMILES string of the molecule is Nn1c(SCC(=O)N2CCCc3cc([N+](=O)[O-])ccc32)nnc1-c1ccccc1Br. The van der Waals surface area contributed by atoms with E-state index < -0.39 is 4.92 Å². The molecule has 0 saturated carbocycles. The molecule has 3 aromatic rings. The highest BCUT2D eigenvalue weighted by atomic mass is 79.9. The van der Waals surface area contributed by atoms with Crippen LogP contribution in [0.4, 0.5) is 11.4 Å². The van der Waals surface area contributed by atoms with Gasteiger partial charge in [-0.05, 0) is 36.6 Å². The number of fused-ring (bicyclic) bond motifs is 1. The number of nitro groups is 1. The van der Waals surface area contributed by atoms with Crippen molar-refractivity contribution in [2.24, 2.45) is 0 Å². The lowest BCUT2D eigenvalue weighted by Crippen LogP contribution is -2.36. The number of carbonyl (C=O) groups excluding carboxylic acids is 1. The maximum absolute atomic E-state index is 12.9. The van der Waals surface area contributed by atoms with Crippen molar-refractivity contribution in [2.75, 3.05) is 23.0 Å². The lowest BCUT2D eigenvalue weighted by Gasteiger charge is -2.29. The molecule has 0 aliphatic carbocycles. The van der Waals surface area contributed by atoms with Gasteiger partial charge in [0.25, 0.3) is 5.69 Å². The molecule has 9 nitrogen and oxygen atoms in total. The number of anilines is 1. The van der Waals surface area contributed by atoms with Crippen LogP contribution in [0.15, 0.2) is 52.1 Å². The molecule has 11 heteroatoms. The number of hydrogen-bond donors (Lipinski definition) is 1. The summed E-state index contributed by atoms with van der Waals surface area (Å²) in [7, 11) is 0. The zero-order chi connectivity index (χ0) is 21.3. The number of halogens is 1. The fourth-order valence-corrected chi connectivity index (χ4v) is 4.56. The van der Waals surface area contributed by atoms with Crippen molar-refractivity contribution < 1.29 is 9.72 Å². The fraction of sp³-hybridized carbons (Fsp3) is 0.211. The first kappa shape index (κ1) is 20.4. The second kappa shape index (κ2) is 8.44. The Bertz CT molecular complexity index is 1140. The first-order valence-electron chi connectivity index (χ1n) is 9.11. The molecule has 2 aromatic carbocycles. The van der Waals surface area contributed by atoms with E-state index in [1.807, 2.05) is 24.3 Å². The molecule has 0 fully saturated rings. The van der Waals surface area contributed by atoms with Crippen LogP contribution in [0.3, 0.4) is 0 Å². The number of nitrogens with two attached hydrogens (primary N) is 1. The maximum atomic E-state index is 12.9. The van der Waals surface area contributed by atoms with Gasteiger partial charge in [-0.3, -0.25) is 14.9 Å². The number of thioether (sulfide) groups is 1. The summed E-state index contributed by atoms with van der Waals surface area (Å²) in [5.41, 5.74) is 2.37. The van der Waals surface area contributed by atoms with Crippen molar-refractivity contribution in [3.8, 4) is 11.4 Å². The molecule has 0 spiro atoms. The first-order valence-corrected chi connectivity index (χ1v) is 10.9. The van der Waals surface area contributed by atoms with E-state index in [0.29, 0.717) is 23.9 Å². The molecule has 0 saturated heterocycles. The van der Waals surface area contributed by atoms with Gasteiger partial charge >= 0.3 is 0 Å². The summed E-state index contributed by atoms with van der Waals surface area (Å²) >= 11 is 4.68. The Balaban J connectivity index is 1.49. The molecule has 1 amide bonds. The van der Waals surface area contributed by atoms with Gasteiger partial charge in [-0.15, -0.1) is 10.2 Å². The largest absolute Gasteiger partial charge is 0.335 e. The molecular weight excluding hydrogens is 472 g/mol. The number of rotatable bonds is 5. The monoisotopic (exact) mass is 488 g/mol. The molecule has 0 radical (unpaired) electrons. The zero-order valence-corrected chi connectivity index (χ0v) is 18.1. The Morgan fingerprint density at radius 1 is 1.27 bits per heavy atom. The van der Waals surface area contributed by atoms with Crippen molar-refractivity contribution in [3.63, 3.8) is 0 Å². The Labute approximate surface area is 184 Å². The second-order valence-electron chi connectivity index (χ2n) is 6.66. The number of non-ortho nitro benzene ring substituents is 1. The number of hydrogen-bond acceptors (Lipinski definition) is 7. The number of benzene rings is 2. The summed E-state index contributed by atoms with van der Waals surface area (Å²) < 4.78 is 2.21. The molecule has 0 unspecified atom stereocenters. The number of aryl methyl sites for hydroxylation is 1. The van der Waals surface area contributed by atoms with E-state index >= 15 is 0 Å². The van der Waals surface area contributed by atoms with Gasteiger partial charge in [0.15, 0.2) is 5.82 Å². The van der Waals surface area contributed by atoms with Crippen molar-refractivity contribution in [1.82, 2.24) is 14.9 Å². The molecule has 30 heavy (non-hydrogen) atoms. The first-order chi connectivity index (χ1) is 14.5. The third kappa shape index (κ3) is 3.90. The molecule has 1 aliphatic rings. The minimum Gasteiger partial charge on any atom is -0.335 e. The molecule has 154 valence electrons. The van der Waals surface area contributed by atoms with Gasteiger partial charge in [0, 0.05) is 34.4 Å². The van der Waals surface area contributed by atoms with E-state index in [-0.39, 0.29) is 17.3 Å². The summed E-state index contributed by atoms with van der Waals surface area (Å²) in [5.74, 6) is 6.66. The topological polar surface area (TPSA) is 120 Å². The number of nitro benzene ring substituents is 1. The second-order valence-corrected chi connectivity index (χ2v) is 8.46. The Hall–Kier alpha value is -2.92. The molecule has 1 aromatic heterocycles. The predicted molar refractivity (Wildman–Crippen MR) is 118 cm³/mol. The quantitative estimate of drug-likeness (QED) is 0.252. The molecule has 2 N–H and O–H groups in total. The van der Waals surface area contributed by atoms with Crippen molar-refractivity contribution in [2.45, 2.75) is 18.0 Å². The van der Waals surface area contributed by atoms with Gasteiger partial charge < -0.3 is 10.7 Å². The summed E-state index contributed by atoms with van der Waals surface area (Å²) in [4.78, 5) is 25.1. The van der Waals surface area contributed by atoms with Gasteiger partial charge in [-0.1, -0.05) is 39.8 Å². The molecule has 2 heterocycles. The van der Waals surface area contributed by atoms with Crippen LogP contribution in [-0.4, -0.2) is 38.0 Å². The summed E-state index contributed by atoms with van der Waals surface area (Å²) in [6.45, 7) is 0.571. The smallest absolute Gasteiger partial charge is 0.269 e. The normalized spacial score (nSPS) is 13.2. The highest BCUT2D eigenvalue weighted by molar-refractivity contribution is 9.10. The number of carbonyl (C=O) groups is 1. The van der Waals surface area contributed by atoms with Gasteiger partial charge in [0.1, 0.15) is 0 Å². The lowest BCUT2D eigenvalue weighted by atomic mass is 10.0. The maximum Gasteiger partial charge on any atom is 0.269 e. The zero-order valence-electron chi connectivity index (χ0n) is 15.7. The van der Waals surface area contributed by atoms with E-state index in [4.69, 9.17) is 5.84 Å². The summed E-state index contributed by atoms with van der Waals surface area (Å²) in [6, 6.07) is 12.2. The standard InChI is InChI=1S/C19H17BrN6O3S/c20-15-6-2-1-5-14(15)18-22-23-19(25(18)21)30-11-17(27)24-9-3-4-12-10-13(26(28)29)7-8-16(12)24/h1-2,5-8,10H,3-4,9,11,21H2. The van der Waals surface area contributed by atoms with Crippen molar-refractivity contribution in [3.05, 3.63) is 62.6 Å². The van der Waals surface area contributed by atoms with E-state index in [1.165, 1.54) is 22.5 Å². The Kier molecular flexibility index (Phi) is 5.73. The van der Waals surface area contributed by atoms with Gasteiger partial charge in [0.2, 0.25) is 11.1 Å². The van der Waals surface area contributed by atoms with Crippen LogP contribution in [0, 0.1) is 10.1 Å². The van der Waals surface area contributed by atoms with Crippen LogP contribution in [0.5, 0.6) is 0 Å². The van der Waals surface area contributed by atoms with Crippen LogP contribution in [0.1, 0.15) is 12.0 Å². The third-order valence-electron chi connectivity index (χ3n) is 4.80. The van der Waals surface area contributed by atoms with E-state index in [0.717, 1.165) is 27.7 Å². The third-order valence-corrected chi connectivity index (χ3v) is 6.42. The Morgan fingerprint density at radius 3 is 2.83 bits per heavy atom. The minimum absolute atomic E-state index is 0.0354. The summed E-state index contributed by atoms with van der Waals surface area (Å²) in [6.07, 6.45) is 1.46. The minimum atomic E-state index is -0.423. The van der Waals surface area contributed by atoms with Crippen LogP contribution >= 0.6 is 27.7 Å². The molecule has 0 atom stereocenters. The highest BCUT2D eigenvalue weighted by Crippen LogP contribution is 2.32. The van der Waals surface area contributed by atoms with Crippen LogP contribution in [0.2, 0.25) is 0 Å². The highest BCUT2D eigenvalue weighted by Gasteiger charge is 2.25. The van der Waals surface area contributed by atoms with Gasteiger partial charge in [-0.25, -0.2) is 4.68 Å².